The molecule has 0 aromatic carbocycles. The standard InChI is InChI=1S/C13H21N3O/c1-3-15(2)13(17)10-16-8-4-5-12(16)9-14-11-6-7-11/h4-5,8,11,14H,3,6-7,9-10H2,1-2H3. The molecule has 0 saturated heterocycles. The third-order valence-corrected chi connectivity index (χ3v) is 3.28. The summed E-state index contributed by atoms with van der Waals surface area (Å²) >= 11 is 0. The molecule has 4 heteroatoms. The average Bonchev–Trinajstić information content (AvgIpc) is 3.06. The zero-order valence-electron chi connectivity index (χ0n) is 10.6. The lowest BCUT2D eigenvalue weighted by Gasteiger charge is -2.16. The van der Waals surface area contributed by atoms with Crippen molar-refractivity contribution in [2.24, 2.45) is 0 Å². The lowest BCUT2D eigenvalue weighted by molar-refractivity contribution is -0.130. The maximum Gasteiger partial charge on any atom is 0.242 e. The highest BCUT2D eigenvalue weighted by molar-refractivity contribution is 5.75. The van der Waals surface area contributed by atoms with Gasteiger partial charge in [-0.15, -0.1) is 0 Å². The molecule has 1 N–H and O–H groups in total. The molecule has 2 rings (SSSR count). The zero-order valence-corrected chi connectivity index (χ0v) is 10.6. The minimum absolute atomic E-state index is 0.163. The van der Waals surface area contributed by atoms with Crippen LogP contribution in [0.2, 0.25) is 0 Å². The first-order chi connectivity index (χ1) is 8.20. The minimum Gasteiger partial charge on any atom is -0.344 e. The van der Waals surface area contributed by atoms with Crippen LogP contribution in [0.5, 0.6) is 0 Å². The van der Waals surface area contributed by atoms with Crippen LogP contribution < -0.4 is 5.32 Å². The van der Waals surface area contributed by atoms with Crippen molar-refractivity contribution in [1.82, 2.24) is 14.8 Å². The third kappa shape index (κ3) is 3.33. The fourth-order valence-corrected chi connectivity index (χ4v) is 1.74. The molecule has 1 fully saturated rings. The summed E-state index contributed by atoms with van der Waals surface area (Å²) in [5.74, 6) is 0.163. The molecular formula is C13H21N3O. The van der Waals surface area contributed by atoms with Crippen molar-refractivity contribution >= 4 is 5.91 Å². The van der Waals surface area contributed by atoms with Crippen LogP contribution in [0.1, 0.15) is 25.5 Å². The van der Waals surface area contributed by atoms with Crippen LogP contribution in [0.4, 0.5) is 0 Å². The molecule has 0 spiro atoms. The highest BCUT2D eigenvalue weighted by atomic mass is 16.2. The Morgan fingerprint density at radius 1 is 1.59 bits per heavy atom. The molecule has 0 bridgehead atoms. The van der Waals surface area contributed by atoms with Crippen LogP contribution in [0.25, 0.3) is 0 Å². The number of carbonyl (C=O) groups excluding carboxylic acids is 1. The quantitative estimate of drug-likeness (QED) is 0.805. The third-order valence-electron chi connectivity index (χ3n) is 3.28. The predicted molar refractivity (Wildman–Crippen MR) is 67.6 cm³/mol. The molecule has 0 aliphatic heterocycles. The van der Waals surface area contributed by atoms with Crippen molar-refractivity contribution in [1.29, 1.82) is 0 Å². The Labute approximate surface area is 103 Å². The van der Waals surface area contributed by atoms with Crippen molar-refractivity contribution in [2.75, 3.05) is 13.6 Å². The second-order valence-electron chi connectivity index (χ2n) is 4.69. The lowest BCUT2D eigenvalue weighted by Crippen LogP contribution is -2.30. The van der Waals surface area contributed by atoms with Crippen molar-refractivity contribution < 1.29 is 4.79 Å². The van der Waals surface area contributed by atoms with E-state index in [2.05, 4.69) is 11.4 Å². The first-order valence-corrected chi connectivity index (χ1v) is 6.32. The van der Waals surface area contributed by atoms with E-state index in [0.717, 1.165) is 13.1 Å². The normalized spacial score (nSPS) is 14.9. The Balaban J connectivity index is 1.90. The average molecular weight is 235 g/mol. The second-order valence-corrected chi connectivity index (χ2v) is 4.69. The minimum atomic E-state index is 0.163. The van der Waals surface area contributed by atoms with Gasteiger partial charge in [0.15, 0.2) is 0 Å². The van der Waals surface area contributed by atoms with Gasteiger partial charge in [0.25, 0.3) is 0 Å². The molecule has 1 aliphatic carbocycles. The van der Waals surface area contributed by atoms with Crippen LogP contribution in [0.3, 0.4) is 0 Å². The monoisotopic (exact) mass is 235 g/mol. The van der Waals surface area contributed by atoms with E-state index in [1.807, 2.05) is 30.8 Å². The molecular weight excluding hydrogens is 214 g/mol. The summed E-state index contributed by atoms with van der Waals surface area (Å²) in [6.45, 7) is 4.05. The van der Waals surface area contributed by atoms with E-state index in [1.54, 1.807) is 4.90 Å². The molecule has 1 saturated carbocycles. The van der Waals surface area contributed by atoms with Gasteiger partial charge in [0, 0.05) is 38.1 Å². The molecule has 4 nitrogen and oxygen atoms in total. The van der Waals surface area contributed by atoms with Crippen molar-refractivity contribution in [2.45, 2.75) is 38.9 Å². The summed E-state index contributed by atoms with van der Waals surface area (Å²) in [5, 5.41) is 3.47. The smallest absolute Gasteiger partial charge is 0.242 e. The highest BCUT2D eigenvalue weighted by Gasteiger charge is 2.20. The summed E-state index contributed by atoms with van der Waals surface area (Å²) in [7, 11) is 1.84. The molecule has 94 valence electrons. The predicted octanol–water partition coefficient (Wildman–Crippen LogP) is 1.22. The van der Waals surface area contributed by atoms with E-state index in [9.17, 15) is 4.79 Å². The van der Waals surface area contributed by atoms with Gasteiger partial charge in [-0.25, -0.2) is 0 Å². The van der Waals surface area contributed by atoms with Gasteiger partial charge in [-0.3, -0.25) is 4.79 Å². The number of aromatic nitrogens is 1. The molecule has 1 heterocycles. The lowest BCUT2D eigenvalue weighted by atomic mass is 10.4. The Kier molecular flexibility index (Phi) is 3.84. The van der Waals surface area contributed by atoms with E-state index in [0.29, 0.717) is 12.6 Å². The van der Waals surface area contributed by atoms with Gasteiger partial charge in [-0.2, -0.15) is 0 Å². The van der Waals surface area contributed by atoms with Crippen LogP contribution in [0, 0.1) is 0 Å². The maximum atomic E-state index is 11.8. The first-order valence-electron chi connectivity index (χ1n) is 6.32. The zero-order chi connectivity index (χ0) is 12.3. The Hall–Kier alpha value is -1.29. The van der Waals surface area contributed by atoms with Crippen molar-refractivity contribution in [3.63, 3.8) is 0 Å². The van der Waals surface area contributed by atoms with E-state index in [1.165, 1.54) is 18.5 Å². The number of amides is 1. The first kappa shape index (κ1) is 12.2. The van der Waals surface area contributed by atoms with E-state index in [-0.39, 0.29) is 5.91 Å². The molecule has 1 amide bonds. The fourth-order valence-electron chi connectivity index (χ4n) is 1.74. The van der Waals surface area contributed by atoms with Crippen LogP contribution in [0.15, 0.2) is 18.3 Å². The summed E-state index contributed by atoms with van der Waals surface area (Å²) in [6.07, 6.45) is 4.56. The number of hydrogen-bond donors (Lipinski definition) is 1. The highest BCUT2D eigenvalue weighted by Crippen LogP contribution is 2.19. The number of nitrogens with one attached hydrogen (secondary N) is 1. The molecule has 1 aromatic rings. The number of hydrogen-bond acceptors (Lipinski definition) is 2. The Morgan fingerprint density at radius 3 is 3.00 bits per heavy atom. The number of likely N-dealkylation sites (N-methyl/N-ethyl adjacent to an activating group) is 1. The topological polar surface area (TPSA) is 37.3 Å². The number of rotatable bonds is 6. The summed E-state index contributed by atoms with van der Waals surface area (Å²) in [5.41, 5.74) is 1.19. The van der Waals surface area contributed by atoms with Crippen LogP contribution in [-0.2, 0) is 17.9 Å². The van der Waals surface area contributed by atoms with Crippen LogP contribution in [-0.4, -0.2) is 35.0 Å². The summed E-state index contributed by atoms with van der Waals surface area (Å²) in [6, 6.07) is 4.78. The molecule has 0 atom stereocenters. The largest absolute Gasteiger partial charge is 0.344 e. The second kappa shape index (κ2) is 5.36. The van der Waals surface area contributed by atoms with Gasteiger partial charge in [0.1, 0.15) is 6.54 Å². The molecule has 0 radical (unpaired) electrons. The number of nitrogens with zero attached hydrogens (tertiary/aromatic N) is 2. The van der Waals surface area contributed by atoms with Crippen molar-refractivity contribution in [3.05, 3.63) is 24.0 Å². The summed E-state index contributed by atoms with van der Waals surface area (Å²) < 4.78 is 2.03. The van der Waals surface area contributed by atoms with E-state index >= 15 is 0 Å². The van der Waals surface area contributed by atoms with Gasteiger partial charge in [-0.1, -0.05) is 0 Å². The van der Waals surface area contributed by atoms with E-state index in [4.69, 9.17) is 0 Å². The molecule has 17 heavy (non-hydrogen) atoms. The fraction of sp³-hybridized carbons (Fsp3) is 0.615. The Bertz CT molecular complexity index is 382. The Morgan fingerprint density at radius 2 is 2.35 bits per heavy atom. The molecule has 0 unspecified atom stereocenters. The SMILES string of the molecule is CCN(C)C(=O)Cn1cccc1CNC1CC1. The van der Waals surface area contributed by atoms with Gasteiger partial charge in [0.2, 0.25) is 5.91 Å². The molecule has 1 aromatic heterocycles. The molecule has 1 aliphatic rings. The van der Waals surface area contributed by atoms with E-state index < -0.39 is 0 Å². The summed E-state index contributed by atoms with van der Waals surface area (Å²) in [4.78, 5) is 13.6. The maximum absolute atomic E-state index is 11.8. The van der Waals surface area contributed by atoms with Gasteiger partial charge in [-0.05, 0) is 31.9 Å². The van der Waals surface area contributed by atoms with Crippen LogP contribution >= 0.6 is 0 Å². The van der Waals surface area contributed by atoms with Gasteiger partial charge >= 0.3 is 0 Å². The number of carbonyl (C=O) groups is 1. The van der Waals surface area contributed by atoms with Gasteiger partial charge in [0.05, 0.1) is 0 Å². The van der Waals surface area contributed by atoms with Crippen molar-refractivity contribution in [3.8, 4) is 0 Å². The van der Waals surface area contributed by atoms with Gasteiger partial charge < -0.3 is 14.8 Å².